The molecule has 0 spiro atoms. The molecule has 3 rings (SSSR count). The maximum atomic E-state index is 12.3. The van der Waals surface area contributed by atoms with E-state index in [1.807, 2.05) is 0 Å². The van der Waals surface area contributed by atoms with Crippen LogP contribution in [0.2, 0.25) is 0 Å². The summed E-state index contributed by atoms with van der Waals surface area (Å²) in [6.45, 7) is 2.39. The fraction of sp³-hybridized carbons (Fsp3) is 0.615. The van der Waals surface area contributed by atoms with Crippen LogP contribution in [-0.4, -0.2) is 68.3 Å². The van der Waals surface area contributed by atoms with E-state index in [2.05, 4.69) is 14.9 Å². The Balaban J connectivity index is 1.66. The molecule has 0 aliphatic carbocycles. The molecule has 0 bridgehead atoms. The van der Waals surface area contributed by atoms with Crippen molar-refractivity contribution in [2.24, 2.45) is 0 Å². The topological polar surface area (TPSA) is 95.5 Å². The van der Waals surface area contributed by atoms with Gasteiger partial charge < -0.3 is 10.2 Å². The lowest BCUT2D eigenvalue weighted by molar-refractivity contribution is -0.128. The molecule has 2 aliphatic heterocycles. The fourth-order valence-electron chi connectivity index (χ4n) is 2.97. The highest BCUT2D eigenvalue weighted by atomic mass is 35.5. The van der Waals surface area contributed by atoms with E-state index in [1.165, 1.54) is 4.90 Å². The number of amides is 4. The molecule has 8 nitrogen and oxygen atoms in total. The molecule has 23 heavy (non-hydrogen) atoms. The van der Waals surface area contributed by atoms with Gasteiger partial charge in [-0.25, -0.2) is 4.79 Å². The summed E-state index contributed by atoms with van der Waals surface area (Å²) in [6.07, 6.45) is 1.03. The molecule has 0 aromatic carbocycles. The first-order chi connectivity index (χ1) is 11.0. The van der Waals surface area contributed by atoms with Gasteiger partial charge in [0.2, 0.25) is 0 Å². The number of rotatable bonds is 4. The smallest absolute Gasteiger partial charge is 0.327 e. The minimum Gasteiger partial charge on any atom is -0.348 e. The summed E-state index contributed by atoms with van der Waals surface area (Å²) in [5, 5.41) is 6.73. The molecule has 3 heterocycles. The van der Waals surface area contributed by atoms with Crippen LogP contribution in [0.25, 0.3) is 0 Å². The Morgan fingerprint density at radius 2 is 2.26 bits per heavy atom. The van der Waals surface area contributed by atoms with E-state index in [4.69, 9.17) is 11.6 Å². The lowest BCUT2D eigenvalue weighted by Gasteiger charge is -2.32. The van der Waals surface area contributed by atoms with Crippen LogP contribution in [0.1, 0.15) is 28.2 Å². The van der Waals surface area contributed by atoms with Crippen LogP contribution in [-0.2, 0) is 4.79 Å². The predicted molar refractivity (Wildman–Crippen MR) is 83.5 cm³/mol. The number of halogens is 1. The number of hydrogen-bond donors (Lipinski definition) is 1. The van der Waals surface area contributed by atoms with Gasteiger partial charge in [-0.1, -0.05) is 4.49 Å². The Kier molecular flexibility index (Phi) is 4.49. The number of imide groups is 1. The summed E-state index contributed by atoms with van der Waals surface area (Å²) >= 11 is 6.69. The monoisotopic (exact) mass is 357 g/mol. The van der Waals surface area contributed by atoms with Crippen LogP contribution in [0.5, 0.6) is 0 Å². The van der Waals surface area contributed by atoms with Crippen LogP contribution in [0.3, 0.4) is 0 Å². The highest BCUT2D eigenvalue weighted by molar-refractivity contribution is 7.08. The first-order valence-electron chi connectivity index (χ1n) is 7.30. The van der Waals surface area contributed by atoms with Crippen molar-refractivity contribution in [2.75, 3.05) is 19.0 Å². The second-order valence-electron chi connectivity index (χ2n) is 5.55. The van der Waals surface area contributed by atoms with Crippen LogP contribution >= 0.6 is 23.1 Å². The highest BCUT2D eigenvalue weighted by Gasteiger charge is 2.47. The van der Waals surface area contributed by atoms with Gasteiger partial charge in [-0.2, -0.15) is 0 Å². The number of urea groups is 1. The SMILES string of the molecule is Cc1nnsc1C(=O)N[C@@H]1CCN2C(=O)N(CCCl)C(=O)[C@@H]2C1. The zero-order chi connectivity index (χ0) is 16.6. The van der Waals surface area contributed by atoms with Gasteiger partial charge in [-0.3, -0.25) is 14.5 Å². The quantitative estimate of drug-likeness (QED) is 0.629. The third kappa shape index (κ3) is 2.90. The molecule has 0 saturated carbocycles. The number of carbonyl (C=O) groups excluding carboxylic acids is 3. The second kappa shape index (κ2) is 6.40. The Morgan fingerprint density at radius 3 is 2.91 bits per heavy atom. The molecule has 2 saturated heterocycles. The third-order valence-corrected chi connectivity index (χ3v) is 5.13. The number of aryl methyl sites for hydroxylation is 1. The number of alkyl halides is 1. The molecule has 2 fully saturated rings. The van der Waals surface area contributed by atoms with Gasteiger partial charge >= 0.3 is 6.03 Å². The van der Waals surface area contributed by atoms with Gasteiger partial charge in [-0.05, 0) is 31.3 Å². The Morgan fingerprint density at radius 1 is 1.48 bits per heavy atom. The first-order valence-corrected chi connectivity index (χ1v) is 8.61. The van der Waals surface area contributed by atoms with Gasteiger partial charge in [0.25, 0.3) is 11.8 Å². The largest absolute Gasteiger partial charge is 0.348 e. The maximum absolute atomic E-state index is 12.3. The normalized spacial score (nSPS) is 24.1. The summed E-state index contributed by atoms with van der Waals surface area (Å²) < 4.78 is 3.75. The lowest BCUT2D eigenvalue weighted by Crippen LogP contribution is -2.49. The average Bonchev–Trinajstić information content (AvgIpc) is 3.05. The molecule has 2 atom stereocenters. The van der Waals surface area contributed by atoms with Crippen molar-refractivity contribution in [1.29, 1.82) is 0 Å². The van der Waals surface area contributed by atoms with E-state index in [1.54, 1.807) is 11.8 Å². The molecular weight excluding hydrogens is 342 g/mol. The van der Waals surface area contributed by atoms with Crippen molar-refractivity contribution in [2.45, 2.75) is 31.8 Å². The average molecular weight is 358 g/mol. The summed E-state index contributed by atoms with van der Waals surface area (Å²) in [5.41, 5.74) is 0.588. The van der Waals surface area contributed by atoms with Crippen molar-refractivity contribution in [1.82, 2.24) is 24.7 Å². The van der Waals surface area contributed by atoms with E-state index in [0.29, 0.717) is 30.0 Å². The van der Waals surface area contributed by atoms with E-state index < -0.39 is 6.04 Å². The number of nitrogens with zero attached hydrogens (tertiary/aromatic N) is 4. The molecular formula is C13H16ClN5O3S. The molecule has 0 radical (unpaired) electrons. The standard InChI is InChI=1S/C13H16ClN5O3S/c1-7-10(23-17-16-7)11(20)15-8-2-4-18-9(6-8)12(21)19(5-3-14)13(18)22/h8-9H,2-6H2,1H3,(H,15,20)/t8-,9+/m1/s1. The van der Waals surface area contributed by atoms with Crippen LogP contribution in [0, 0.1) is 6.92 Å². The molecule has 0 unspecified atom stereocenters. The summed E-state index contributed by atoms with van der Waals surface area (Å²) in [4.78, 5) is 40.0. The van der Waals surface area contributed by atoms with Gasteiger partial charge in [0.15, 0.2) is 0 Å². The molecule has 10 heteroatoms. The molecule has 2 aliphatic rings. The van der Waals surface area contributed by atoms with Gasteiger partial charge in [0.1, 0.15) is 10.9 Å². The Bertz CT molecular complexity index is 651. The molecule has 1 aromatic rings. The fourth-order valence-corrected chi connectivity index (χ4v) is 3.70. The number of hydrogen-bond acceptors (Lipinski definition) is 6. The van der Waals surface area contributed by atoms with Crippen molar-refractivity contribution in [3.8, 4) is 0 Å². The van der Waals surface area contributed by atoms with E-state index >= 15 is 0 Å². The Labute approximate surface area is 141 Å². The van der Waals surface area contributed by atoms with Crippen LogP contribution < -0.4 is 5.32 Å². The molecule has 1 aromatic heterocycles. The zero-order valence-corrected chi connectivity index (χ0v) is 14.1. The molecule has 124 valence electrons. The van der Waals surface area contributed by atoms with Crippen LogP contribution in [0.15, 0.2) is 0 Å². The summed E-state index contributed by atoms with van der Waals surface area (Å²) in [5.74, 6) is -0.244. The minimum absolute atomic E-state index is 0.155. The molecule has 4 amide bonds. The van der Waals surface area contributed by atoms with Gasteiger partial charge in [-0.15, -0.1) is 16.7 Å². The van der Waals surface area contributed by atoms with Crippen molar-refractivity contribution in [3.05, 3.63) is 10.6 Å². The van der Waals surface area contributed by atoms with E-state index in [0.717, 1.165) is 11.5 Å². The van der Waals surface area contributed by atoms with Crippen molar-refractivity contribution < 1.29 is 14.4 Å². The van der Waals surface area contributed by atoms with Gasteiger partial charge in [0.05, 0.1) is 5.69 Å². The Hall–Kier alpha value is -1.74. The maximum Gasteiger partial charge on any atom is 0.327 e. The summed E-state index contributed by atoms with van der Waals surface area (Å²) in [6, 6.07) is -0.948. The highest BCUT2D eigenvalue weighted by Crippen LogP contribution is 2.27. The van der Waals surface area contributed by atoms with E-state index in [-0.39, 0.29) is 36.3 Å². The van der Waals surface area contributed by atoms with Crippen LogP contribution in [0.4, 0.5) is 4.79 Å². The molecule has 1 N–H and O–H groups in total. The predicted octanol–water partition coefficient (Wildman–Crippen LogP) is 0.610. The first kappa shape index (κ1) is 16.1. The summed E-state index contributed by atoms with van der Waals surface area (Å²) in [7, 11) is 0. The minimum atomic E-state index is -0.509. The number of nitrogens with one attached hydrogen (secondary N) is 1. The second-order valence-corrected chi connectivity index (χ2v) is 6.68. The van der Waals surface area contributed by atoms with Crippen molar-refractivity contribution in [3.63, 3.8) is 0 Å². The van der Waals surface area contributed by atoms with Gasteiger partial charge in [0, 0.05) is 25.0 Å². The zero-order valence-electron chi connectivity index (χ0n) is 12.5. The third-order valence-electron chi connectivity index (χ3n) is 4.13. The van der Waals surface area contributed by atoms with Crippen molar-refractivity contribution >= 4 is 41.0 Å². The van der Waals surface area contributed by atoms with E-state index in [9.17, 15) is 14.4 Å². The number of aromatic nitrogens is 2. The number of piperidine rings is 1. The lowest BCUT2D eigenvalue weighted by atomic mass is 9.98. The number of carbonyl (C=O) groups is 3. The number of fused-ring (bicyclic) bond motifs is 1.